The van der Waals surface area contributed by atoms with Crippen LogP contribution in [0.15, 0.2) is 48.5 Å². The largest absolute Gasteiger partial charge is 0.350 e. The first-order valence-electron chi connectivity index (χ1n) is 12.1. The molecule has 0 aliphatic heterocycles. The quantitative estimate of drug-likeness (QED) is 0.567. The lowest BCUT2D eigenvalue weighted by atomic mass is 9.81. The standard InChI is InChI=1S/C28H38ClN3O2/c1-28(2,3)30-26(33)19-31(4)18-20-6-8-21(9-7-20)22-12-16-25(17-13-22)32(5)27(34)23-10-14-24(29)15-11-23/h6-11,14-15,22,25H,12-13,16-19H2,1-5H3,(H,30,33). The van der Waals surface area contributed by atoms with Crippen LogP contribution >= 0.6 is 11.6 Å². The molecule has 3 rings (SSSR count). The number of nitrogens with zero attached hydrogens (tertiary/aromatic N) is 2. The third-order valence-corrected chi connectivity index (χ3v) is 6.74. The van der Waals surface area contributed by atoms with Gasteiger partial charge in [0, 0.05) is 35.8 Å². The molecule has 1 aliphatic carbocycles. The zero-order valence-electron chi connectivity index (χ0n) is 21.1. The summed E-state index contributed by atoms with van der Waals surface area (Å²) >= 11 is 5.95. The highest BCUT2D eigenvalue weighted by Gasteiger charge is 2.27. The minimum Gasteiger partial charge on any atom is -0.350 e. The van der Waals surface area contributed by atoms with Gasteiger partial charge in [0.1, 0.15) is 0 Å². The fourth-order valence-corrected chi connectivity index (χ4v) is 4.85. The second-order valence-electron chi connectivity index (χ2n) is 10.6. The Morgan fingerprint density at radius 2 is 1.53 bits per heavy atom. The van der Waals surface area contributed by atoms with Crippen molar-refractivity contribution in [3.05, 3.63) is 70.2 Å². The predicted octanol–water partition coefficient (Wildman–Crippen LogP) is 5.48. The molecule has 0 heterocycles. The van der Waals surface area contributed by atoms with E-state index in [0.29, 0.717) is 23.0 Å². The Labute approximate surface area is 209 Å². The Balaban J connectivity index is 1.48. The van der Waals surface area contributed by atoms with Crippen molar-refractivity contribution < 1.29 is 9.59 Å². The van der Waals surface area contributed by atoms with E-state index in [0.717, 1.165) is 32.2 Å². The summed E-state index contributed by atoms with van der Waals surface area (Å²) in [5.41, 5.74) is 3.04. The summed E-state index contributed by atoms with van der Waals surface area (Å²) in [5.74, 6) is 0.632. The van der Waals surface area contributed by atoms with E-state index in [1.165, 1.54) is 11.1 Å². The van der Waals surface area contributed by atoms with Crippen LogP contribution < -0.4 is 5.32 Å². The highest BCUT2D eigenvalue weighted by Crippen LogP contribution is 2.35. The topological polar surface area (TPSA) is 52.7 Å². The molecular weight excluding hydrogens is 446 g/mol. The van der Waals surface area contributed by atoms with Gasteiger partial charge in [0.15, 0.2) is 0 Å². The monoisotopic (exact) mass is 483 g/mol. The molecule has 6 heteroatoms. The molecule has 0 unspecified atom stereocenters. The fourth-order valence-electron chi connectivity index (χ4n) is 4.72. The van der Waals surface area contributed by atoms with Crippen molar-refractivity contribution in [2.75, 3.05) is 20.6 Å². The van der Waals surface area contributed by atoms with Gasteiger partial charge < -0.3 is 10.2 Å². The normalized spacial score (nSPS) is 18.6. The Morgan fingerprint density at radius 3 is 2.09 bits per heavy atom. The number of nitrogens with one attached hydrogen (secondary N) is 1. The van der Waals surface area contributed by atoms with Gasteiger partial charge in [-0.1, -0.05) is 35.9 Å². The molecule has 5 nitrogen and oxygen atoms in total. The predicted molar refractivity (Wildman–Crippen MR) is 139 cm³/mol. The minimum absolute atomic E-state index is 0.0443. The van der Waals surface area contributed by atoms with Crippen molar-refractivity contribution in [2.45, 2.75) is 70.5 Å². The van der Waals surface area contributed by atoms with E-state index in [1.54, 1.807) is 24.3 Å². The summed E-state index contributed by atoms with van der Waals surface area (Å²) in [6.07, 6.45) is 4.17. The van der Waals surface area contributed by atoms with Crippen LogP contribution in [-0.2, 0) is 11.3 Å². The first-order valence-corrected chi connectivity index (χ1v) is 12.5. The van der Waals surface area contributed by atoms with E-state index >= 15 is 0 Å². The molecule has 2 aromatic rings. The van der Waals surface area contributed by atoms with E-state index in [1.807, 2.05) is 44.7 Å². The third-order valence-electron chi connectivity index (χ3n) is 6.49. The van der Waals surface area contributed by atoms with Crippen LogP contribution in [0, 0.1) is 0 Å². The van der Waals surface area contributed by atoms with Crippen LogP contribution in [0.25, 0.3) is 0 Å². The SMILES string of the molecule is CN(CC(=O)NC(C)(C)C)Cc1ccc(C2CCC(N(C)C(=O)c3ccc(Cl)cc3)CC2)cc1. The summed E-state index contributed by atoms with van der Waals surface area (Å²) in [5, 5.41) is 3.65. The van der Waals surface area contributed by atoms with Crippen LogP contribution in [0.1, 0.15) is 73.9 Å². The first-order chi connectivity index (χ1) is 16.0. The minimum atomic E-state index is -0.212. The zero-order chi connectivity index (χ0) is 24.9. The maximum atomic E-state index is 12.8. The number of amides is 2. The van der Waals surface area contributed by atoms with E-state index in [-0.39, 0.29) is 23.4 Å². The second kappa shape index (κ2) is 11.4. The van der Waals surface area contributed by atoms with Crippen LogP contribution in [0.4, 0.5) is 0 Å². The van der Waals surface area contributed by atoms with Crippen molar-refractivity contribution in [3.63, 3.8) is 0 Å². The molecule has 1 N–H and O–H groups in total. The lowest BCUT2D eigenvalue weighted by Crippen LogP contribution is -2.45. The molecule has 184 valence electrons. The fraction of sp³-hybridized carbons (Fsp3) is 0.500. The molecule has 1 aliphatic rings. The Bertz CT molecular complexity index is 959. The van der Waals surface area contributed by atoms with Crippen LogP contribution in [0.3, 0.4) is 0 Å². The number of halogens is 1. The lowest BCUT2D eigenvalue weighted by Gasteiger charge is -2.35. The molecule has 1 fully saturated rings. The number of rotatable bonds is 7. The highest BCUT2D eigenvalue weighted by molar-refractivity contribution is 6.30. The van der Waals surface area contributed by atoms with Crippen molar-refractivity contribution in [3.8, 4) is 0 Å². The number of hydrogen-bond donors (Lipinski definition) is 1. The molecule has 0 aromatic heterocycles. The van der Waals surface area contributed by atoms with Gasteiger partial charge in [-0.25, -0.2) is 0 Å². The van der Waals surface area contributed by atoms with Gasteiger partial charge in [-0.05, 0) is 94.8 Å². The first kappa shape index (κ1) is 26.2. The number of carbonyl (C=O) groups is 2. The van der Waals surface area contributed by atoms with Gasteiger partial charge in [-0.3, -0.25) is 14.5 Å². The highest BCUT2D eigenvalue weighted by atomic mass is 35.5. The van der Waals surface area contributed by atoms with Crippen molar-refractivity contribution in [1.29, 1.82) is 0 Å². The van der Waals surface area contributed by atoms with Gasteiger partial charge in [0.25, 0.3) is 5.91 Å². The van der Waals surface area contributed by atoms with Gasteiger partial charge in [-0.15, -0.1) is 0 Å². The van der Waals surface area contributed by atoms with E-state index in [4.69, 9.17) is 11.6 Å². The average Bonchev–Trinajstić information content (AvgIpc) is 2.78. The molecule has 2 amide bonds. The Morgan fingerprint density at radius 1 is 0.941 bits per heavy atom. The smallest absolute Gasteiger partial charge is 0.253 e. The Kier molecular flexibility index (Phi) is 8.78. The lowest BCUT2D eigenvalue weighted by molar-refractivity contribution is -0.123. The van der Waals surface area contributed by atoms with E-state index < -0.39 is 0 Å². The Hall–Kier alpha value is -2.37. The second-order valence-corrected chi connectivity index (χ2v) is 11.1. The molecule has 1 saturated carbocycles. The number of likely N-dealkylation sites (N-methyl/N-ethyl adjacent to an activating group) is 1. The number of carbonyl (C=O) groups excluding carboxylic acids is 2. The molecule has 0 spiro atoms. The summed E-state index contributed by atoms with van der Waals surface area (Å²) in [4.78, 5) is 28.9. The van der Waals surface area contributed by atoms with Crippen molar-refractivity contribution in [2.24, 2.45) is 0 Å². The molecule has 0 saturated heterocycles. The van der Waals surface area contributed by atoms with Gasteiger partial charge in [0.05, 0.1) is 6.54 Å². The number of hydrogen-bond acceptors (Lipinski definition) is 3. The third kappa shape index (κ3) is 7.57. The van der Waals surface area contributed by atoms with E-state index in [2.05, 4.69) is 29.6 Å². The average molecular weight is 484 g/mol. The van der Waals surface area contributed by atoms with E-state index in [9.17, 15) is 9.59 Å². The maximum absolute atomic E-state index is 12.8. The van der Waals surface area contributed by atoms with Crippen LogP contribution in [0.5, 0.6) is 0 Å². The summed E-state index contributed by atoms with van der Waals surface area (Å²) < 4.78 is 0. The molecule has 34 heavy (non-hydrogen) atoms. The molecule has 0 atom stereocenters. The molecule has 0 radical (unpaired) electrons. The van der Waals surface area contributed by atoms with Gasteiger partial charge >= 0.3 is 0 Å². The summed E-state index contributed by atoms with van der Waals surface area (Å²) in [7, 11) is 3.88. The summed E-state index contributed by atoms with van der Waals surface area (Å²) in [6, 6.07) is 16.2. The molecule has 2 aromatic carbocycles. The van der Waals surface area contributed by atoms with Crippen molar-refractivity contribution >= 4 is 23.4 Å². The van der Waals surface area contributed by atoms with Gasteiger partial charge in [0.2, 0.25) is 5.91 Å². The number of benzene rings is 2. The zero-order valence-corrected chi connectivity index (χ0v) is 21.9. The van der Waals surface area contributed by atoms with Crippen molar-refractivity contribution in [1.82, 2.24) is 15.1 Å². The molecular formula is C28H38ClN3O2. The van der Waals surface area contributed by atoms with Crippen LogP contribution in [0.2, 0.25) is 5.02 Å². The van der Waals surface area contributed by atoms with Gasteiger partial charge in [-0.2, -0.15) is 0 Å². The van der Waals surface area contributed by atoms with Crippen LogP contribution in [-0.4, -0.2) is 53.8 Å². The summed E-state index contributed by atoms with van der Waals surface area (Å²) in [6.45, 7) is 7.10. The maximum Gasteiger partial charge on any atom is 0.253 e. The molecule has 0 bridgehead atoms.